The summed E-state index contributed by atoms with van der Waals surface area (Å²) < 4.78 is 2.27. The lowest BCUT2D eigenvalue weighted by molar-refractivity contribution is -0.659. The molecular weight excluding hydrogens is 342 g/mol. The van der Waals surface area contributed by atoms with Crippen molar-refractivity contribution in [2.24, 2.45) is 12.5 Å². The third-order valence-electron chi connectivity index (χ3n) is 5.54. The molecule has 0 atom stereocenters. The summed E-state index contributed by atoms with van der Waals surface area (Å²) in [5.74, 6) is 0. The van der Waals surface area contributed by atoms with Crippen LogP contribution in [-0.2, 0) is 7.05 Å². The van der Waals surface area contributed by atoms with Gasteiger partial charge in [-0.05, 0) is 48.4 Å². The molecule has 0 spiro atoms. The van der Waals surface area contributed by atoms with Crippen LogP contribution in [0.2, 0.25) is 19.1 Å². The Bertz CT molecular complexity index is 993. The standard InChI is InChI=1S/C25H34NSi/c1-18-9-10-19(2)23(15-18)24-22-12-11-21(16-20(22)13-14-26(24)6)27(7,8)17-25(3,4)5/h9-16H,17H2,1-8H3/q+1. The van der Waals surface area contributed by atoms with E-state index in [0.717, 1.165) is 0 Å². The van der Waals surface area contributed by atoms with E-state index in [2.05, 4.69) is 108 Å². The normalized spacial score (nSPS) is 12.6. The minimum absolute atomic E-state index is 0.373. The van der Waals surface area contributed by atoms with Gasteiger partial charge in [0.2, 0.25) is 5.69 Å². The van der Waals surface area contributed by atoms with Crippen molar-refractivity contribution in [3.8, 4) is 11.3 Å². The average molecular weight is 377 g/mol. The molecule has 1 heterocycles. The van der Waals surface area contributed by atoms with Crippen LogP contribution >= 0.6 is 0 Å². The topological polar surface area (TPSA) is 3.88 Å². The van der Waals surface area contributed by atoms with Gasteiger partial charge in [0.1, 0.15) is 7.05 Å². The van der Waals surface area contributed by atoms with Gasteiger partial charge in [0.25, 0.3) is 0 Å². The third kappa shape index (κ3) is 4.16. The smallest absolute Gasteiger partial charge is 0.200 e. The van der Waals surface area contributed by atoms with Gasteiger partial charge in [-0.15, -0.1) is 0 Å². The Morgan fingerprint density at radius 2 is 1.63 bits per heavy atom. The summed E-state index contributed by atoms with van der Waals surface area (Å²) in [4.78, 5) is 0. The molecule has 142 valence electrons. The summed E-state index contributed by atoms with van der Waals surface area (Å²) in [6.45, 7) is 16.5. The van der Waals surface area contributed by atoms with Crippen molar-refractivity contribution in [3.63, 3.8) is 0 Å². The largest absolute Gasteiger partial charge is 0.220 e. The third-order valence-corrected chi connectivity index (χ3v) is 9.36. The fourth-order valence-corrected chi connectivity index (χ4v) is 8.48. The minimum Gasteiger partial charge on any atom is -0.200 e. The van der Waals surface area contributed by atoms with Crippen LogP contribution in [0.3, 0.4) is 0 Å². The maximum absolute atomic E-state index is 2.51. The molecule has 3 aromatic rings. The molecule has 1 aromatic heterocycles. The number of aromatic nitrogens is 1. The van der Waals surface area contributed by atoms with Gasteiger partial charge >= 0.3 is 0 Å². The van der Waals surface area contributed by atoms with E-state index in [-0.39, 0.29) is 0 Å². The summed E-state index contributed by atoms with van der Waals surface area (Å²) in [6.07, 6.45) is 2.21. The van der Waals surface area contributed by atoms with Crippen LogP contribution in [0.4, 0.5) is 0 Å². The molecular formula is C25H34NSi+. The first-order valence-electron chi connectivity index (χ1n) is 9.98. The summed E-state index contributed by atoms with van der Waals surface area (Å²) in [6, 6.07) is 17.5. The number of fused-ring (bicyclic) bond motifs is 1. The number of pyridine rings is 1. The van der Waals surface area contributed by atoms with Gasteiger partial charge in [0, 0.05) is 11.6 Å². The van der Waals surface area contributed by atoms with Gasteiger partial charge < -0.3 is 0 Å². The maximum Gasteiger partial charge on any atom is 0.220 e. The summed E-state index contributed by atoms with van der Waals surface area (Å²) >= 11 is 0. The lowest BCUT2D eigenvalue weighted by Gasteiger charge is -2.31. The van der Waals surface area contributed by atoms with Crippen molar-refractivity contribution in [2.75, 3.05) is 0 Å². The Balaban J connectivity index is 2.19. The predicted molar refractivity (Wildman–Crippen MR) is 121 cm³/mol. The van der Waals surface area contributed by atoms with Gasteiger partial charge in [-0.3, -0.25) is 0 Å². The highest BCUT2D eigenvalue weighted by Crippen LogP contribution is 2.31. The van der Waals surface area contributed by atoms with Crippen molar-refractivity contribution in [2.45, 2.75) is 53.8 Å². The highest BCUT2D eigenvalue weighted by Gasteiger charge is 2.30. The quantitative estimate of drug-likeness (QED) is 0.395. The van der Waals surface area contributed by atoms with Crippen molar-refractivity contribution in [3.05, 3.63) is 59.8 Å². The predicted octanol–water partition coefficient (Wildman–Crippen LogP) is 5.91. The molecule has 3 rings (SSSR count). The van der Waals surface area contributed by atoms with Crippen LogP contribution in [0.25, 0.3) is 22.0 Å². The van der Waals surface area contributed by atoms with Crippen molar-refractivity contribution in [1.82, 2.24) is 0 Å². The number of rotatable bonds is 3. The molecule has 0 aliphatic heterocycles. The van der Waals surface area contributed by atoms with E-state index in [1.54, 1.807) is 5.19 Å². The molecule has 0 aliphatic carbocycles. The number of hydrogen-bond acceptors (Lipinski definition) is 0. The first-order chi connectivity index (χ1) is 12.5. The Morgan fingerprint density at radius 3 is 2.30 bits per heavy atom. The van der Waals surface area contributed by atoms with Gasteiger partial charge in [-0.1, -0.05) is 68.9 Å². The van der Waals surface area contributed by atoms with Crippen LogP contribution in [0, 0.1) is 19.3 Å². The molecule has 0 bridgehead atoms. The van der Waals surface area contributed by atoms with E-state index in [1.807, 2.05) is 0 Å². The Kier molecular flexibility index (Phi) is 5.07. The van der Waals surface area contributed by atoms with Crippen LogP contribution in [-0.4, -0.2) is 8.07 Å². The van der Waals surface area contributed by atoms with Crippen LogP contribution in [0.15, 0.2) is 48.7 Å². The lowest BCUT2D eigenvalue weighted by atomic mass is 9.98. The lowest BCUT2D eigenvalue weighted by Crippen LogP contribution is -2.44. The Labute approximate surface area is 166 Å². The molecule has 0 unspecified atom stereocenters. The van der Waals surface area contributed by atoms with Gasteiger partial charge in [-0.2, -0.15) is 0 Å². The second-order valence-electron chi connectivity index (χ2n) is 10.0. The summed E-state index contributed by atoms with van der Waals surface area (Å²) in [7, 11) is 0.687. The molecule has 27 heavy (non-hydrogen) atoms. The van der Waals surface area contributed by atoms with E-state index >= 15 is 0 Å². The molecule has 0 fully saturated rings. The van der Waals surface area contributed by atoms with Crippen LogP contribution in [0.1, 0.15) is 31.9 Å². The van der Waals surface area contributed by atoms with E-state index in [4.69, 9.17) is 0 Å². The van der Waals surface area contributed by atoms with Crippen molar-refractivity contribution >= 4 is 24.0 Å². The van der Waals surface area contributed by atoms with Gasteiger partial charge in [-0.25, -0.2) is 4.57 Å². The molecule has 0 saturated carbocycles. The fraction of sp³-hybridized carbons (Fsp3) is 0.400. The monoisotopic (exact) mass is 376 g/mol. The van der Waals surface area contributed by atoms with E-state index < -0.39 is 8.07 Å². The zero-order valence-corrected chi connectivity index (χ0v) is 19.3. The van der Waals surface area contributed by atoms with E-state index in [9.17, 15) is 0 Å². The highest BCUT2D eigenvalue weighted by molar-refractivity contribution is 6.90. The average Bonchev–Trinajstić information content (AvgIpc) is 2.55. The molecule has 2 heteroatoms. The van der Waals surface area contributed by atoms with Gasteiger partial charge in [0.05, 0.1) is 13.5 Å². The first-order valence-corrected chi connectivity index (χ1v) is 13.2. The Morgan fingerprint density at radius 1 is 0.926 bits per heavy atom. The molecule has 0 saturated heterocycles. The number of aryl methyl sites for hydroxylation is 3. The fourth-order valence-electron chi connectivity index (χ4n) is 4.55. The number of nitrogens with zero attached hydrogens (tertiary/aromatic N) is 1. The minimum atomic E-state index is -1.47. The van der Waals surface area contributed by atoms with Crippen LogP contribution in [0.5, 0.6) is 0 Å². The molecule has 0 radical (unpaired) electrons. The second kappa shape index (κ2) is 6.90. The maximum atomic E-state index is 2.51. The molecule has 0 N–H and O–H groups in total. The summed E-state index contributed by atoms with van der Waals surface area (Å²) in [5, 5.41) is 4.26. The second-order valence-corrected chi connectivity index (χ2v) is 14.7. The number of benzene rings is 2. The SMILES string of the molecule is Cc1ccc(C)c(-c2c3ccc([Si](C)(C)CC(C)(C)C)cc3cc[n+]2C)c1. The zero-order valence-electron chi connectivity index (χ0n) is 18.3. The molecule has 0 amide bonds. The Hall–Kier alpha value is -1.93. The molecule has 0 aliphatic rings. The van der Waals surface area contributed by atoms with Crippen molar-refractivity contribution in [1.29, 1.82) is 0 Å². The van der Waals surface area contributed by atoms with E-state index in [0.29, 0.717) is 5.41 Å². The van der Waals surface area contributed by atoms with Crippen molar-refractivity contribution < 1.29 is 4.57 Å². The van der Waals surface area contributed by atoms with E-state index in [1.165, 1.54) is 39.2 Å². The van der Waals surface area contributed by atoms with Crippen LogP contribution < -0.4 is 9.75 Å². The molecule has 2 aromatic carbocycles. The zero-order chi connectivity index (χ0) is 20.0. The first kappa shape index (κ1) is 19.8. The highest BCUT2D eigenvalue weighted by atomic mass is 28.3. The summed E-state index contributed by atoms with van der Waals surface area (Å²) in [5.41, 5.74) is 5.66. The molecule has 1 nitrogen and oxygen atoms in total. The van der Waals surface area contributed by atoms with Gasteiger partial charge in [0.15, 0.2) is 6.20 Å². The number of hydrogen-bond donors (Lipinski definition) is 0.